The van der Waals surface area contributed by atoms with Crippen LogP contribution < -0.4 is 5.32 Å². The molecule has 18 heavy (non-hydrogen) atoms. The van der Waals surface area contributed by atoms with E-state index in [0.717, 1.165) is 25.7 Å². The van der Waals surface area contributed by atoms with Crippen LogP contribution in [-0.4, -0.2) is 17.3 Å². The molecule has 0 bridgehead atoms. The number of hydrogen-bond acceptors (Lipinski definition) is 1. The first-order chi connectivity index (χ1) is 8.58. The highest BCUT2D eigenvalue weighted by Gasteiger charge is 2.35. The average molecular weight is 307 g/mol. The summed E-state index contributed by atoms with van der Waals surface area (Å²) in [7, 11) is 0. The van der Waals surface area contributed by atoms with Crippen LogP contribution in [0.1, 0.15) is 36.0 Å². The van der Waals surface area contributed by atoms with Gasteiger partial charge in [-0.25, -0.2) is 0 Å². The Balaban J connectivity index is 2.19. The van der Waals surface area contributed by atoms with Crippen molar-refractivity contribution in [2.24, 2.45) is 0 Å². The highest BCUT2D eigenvalue weighted by Crippen LogP contribution is 2.32. The first kappa shape index (κ1) is 14.0. The van der Waals surface area contributed by atoms with Gasteiger partial charge < -0.3 is 5.32 Å². The summed E-state index contributed by atoms with van der Waals surface area (Å²) in [5.41, 5.74) is 0.116. The fourth-order valence-electron chi connectivity index (χ4n) is 2.33. The van der Waals surface area contributed by atoms with Gasteiger partial charge in [-0.1, -0.05) is 42.1 Å². The molecule has 0 saturated heterocycles. The van der Waals surface area contributed by atoms with Gasteiger partial charge in [-0.3, -0.25) is 4.79 Å². The van der Waals surface area contributed by atoms with Gasteiger partial charge in [0.1, 0.15) is 0 Å². The summed E-state index contributed by atoms with van der Waals surface area (Å²) in [5, 5.41) is 3.69. The number of carbonyl (C=O) groups excluding carboxylic acids is 1. The van der Waals surface area contributed by atoms with Crippen LogP contribution in [0.25, 0.3) is 0 Å². The monoisotopic (exact) mass is 305 g/mol. The Morgan fingerprint density at radius 2 is 1.94 bits per heavy atom. The van der Waals surface area contributed by atoms with Crippen molar-refractivity contribution in [3.63, 3.8) is 0 Å². The van der Waals surface area contributed by atoms with Gasteiger partial charge in [-0.2, -0.15) is 0 Å². The molecular formula is C13H14Cl3NO. The lowest BCUT2D eigenvalue weighted by Gasteiger charge is -2.28. The molecule has 0 aliphatic heterocycles. The molecule has 0 spiro atoms. The van der Waals surface area contributed by atoms with Gasteiger partial charge in [0.05, 0.1) is 21.1 Å². The minimum absolute atomic E-state index is 0.204. The first-order valence-electron chi connectivity index (χ1n) is 5.90. The molecule has 1 aliphatic rings. The SMILES string of the molecule is O=C(NC1(CCl)CCCC1)c1cccc(Cl)c1Cl. The number of amides is 1. The molecule has 0 unspecified atom stereocenters. The van der Waals surface area contributed by atoms with Crippen molar-refractivity contribution in [1.82, 2.24) is 5.32 Å². The smallest absolute Gasteiger partial charge is 0.253 e. The number of halogens is 3. The van der Waals surface area contributed by atoms with Gasteiger partial charge in [-0.15, -0.1) is 11.6 Å². The van der Waals surface area contributed by atoms with Crippen LogP contribution in [0.2, 0.25) is 10.0 Å². The molecule has 5 heteroatoms. The van der Waals surface area contributed by atoms with E-state index in [1.54, 1.807) is 18.2 Å². The van der Waals surface area contributed by atoms with Crippen LogP contribution in [0, 0.1) is 0 Å². The molecular weight excluding hydrogens is 293 g/mol. The molecule has 1 aromatic carbocycles. The number of carbonyl (C=O) groups is 1. The van der Waals surface area contributed by atoms with E-state index in [4.69, 9.17) is 34.8 Å². The van der Waals surface area contributed by atoms with Crippen molar-refractivity contribution in [1.29, 1.82) is 0 Å². The Hall–Kier alpha value is -0.440. The van der Waals surface area contributed by atoms with Crippen LogP contribution in [0.5, 0.6) is 0 Å². The maximum atomic E-state index is 12.2. The highest BCUT2D eigenvalue weighted by molar-refractivity contribution is 6.43. The van der Waals surface area contributed by atoms with Crippen molar-refractivity contribution in [3.05, 3.63) is 33.8 Å². The van der Waals surface area contributed by atoms with E-state index >= 15 is 0 Å². The zero-order valence-electron chi connectivity index (χ0n) is 9.81. The van der Waals surface area contributed by atoms with E-state index < -0.39 is 0 Å². The Morgan fingerprint density at radius 3 is 2.56 bits per heavy atom. The first-order valence-corrected chi connectivity index (χ1v) is 7.19. The maximum Gasteiger partial charge on any atom is 0.253 e. The van der Waals surface area contributed by atoms with Gasteiger partial charge in [-0.05, 0) is 25.0 Å². The van der Waals surface area contributed by atoms with Crippen molar-refractivity contribution < 1.29 is 4.79 Å². The second-order valence-electron chi connectivity index (χ2n) is 4.68. The third-order valence-electron chi connectivity index (χ3n) is 3.39. The van der Waals surface area contributed by atoms with E-state index in [1.165, 1.54) is 0 Å². The lowest BCUT2D eigenvalue weighted by molar-refractivity contribution is 0.0909. The lowest BCUT2D eigenvalue weighted by Crippen LogP contribution is -2.48. The third kappa shape index (κ3) is 2.76. The lowest BCUT2D eigenvalue weighted by atomic mass is 9.99. The molecule has 2 rings (SSSR count). The summed E-state index contributed by atoms with van der Waals surface area (Å²) in [4.78, 5) is 12.2. The van der Waals surface area contributed by atoms with Gasteiger partial charge >= 0.3 is 0 Å². The van der Waals surface area contributed by atoms with Crippen LogP contribution in [0.3, 0.4) is 0 Å². The summed E-state index contributed by atoms with van der Waals surface area (Å²) in [6.45, 7) is 0. The van der Waals surface area contributed by atoms with Gasteiger partial charge in [0.15, 0.2) is 0 Å². The Morgan fingerprint density at radius 1 is 1.28 bits per heavy atom. The Labute approximate surface area is 122 Å². The van der Waals surface area contributed by atoms with Crippen molar-refractivity contribution in [2.45, 2.75) is 31.2 Å². The summed E-state index contributed by atoms with van der Waals surface area (Å²) in [5.74, 6) is 0.224. The quantitative estimate of drug-likeness (QED) is 0.830. The number of rotatable bonds is 3. The predicted octanol–water partition coefficient (Wildman–Crippen LogP) is 4.27. The largest absolute Gasteiger partial charge is 0.345 e. The van der Waals surface area contributed by atoms with Crippen molar-refractivity contribution in [2.75, 3.05) is 5.88 Å². The Kier molecular flexibility index (Phi) is 4.41. The van der Waals surface area contributed by atoms with E-state index in [9.17, 15) is 4.79 Å². The fraction of sp³-hybridized carbons (Fsp3) is 0.462. The predicted molar refractivity (Wildman–Crippen MR) is 75.8 cm³/mol. The van der Waals surface area contributed by atoms with Gasteiger partial charge in [0, 0.05) is 5.88 Å². The maximum absolute atomic E-state index is 12.2. The normalized spacial score (nSPS) is 17.7. The van der Waals surface area contributed by atoms with Gasteiger partial charge in [0.2, 0.25) is 0 Å². The zero-order valence-corrected chi connectivity index (χ0v) is 12.1. The van der Waals surface area contributed by atoms with Crippen molar-refractivity contribution >= 4 is 40.7 Å². The minimum Gasteiger partial charge on any atom is -0.345 e. The van der Waals surface area contributed by atoms with E-state index in [1.807, 2.05) is 0 Å². The number of alkyl halides is 1. The number of nitrogens with one attached hydrogen (secondary N) is 1. The topological polar surface area (TPSA) is 29.1 Å². The molecule has 1 saturated carbocycles. The summed E-state index contributed by atoms with van der Waals surface area (Å²) >= 11 is 17.9. The average Bonchev–Trinajstić information content (AvgIpc) is 2.81. The Bertz CT molecular complexity index is 456. The van der Waals surface area contributed by atoms with Gasteiger partial charge in [0.25, 0.3) is 5.91 Å². The van der Waals surface area contributed by atoms with Crippen molar-refractivity contribution in [3.8, 4) is 0 Å². The van der Waals surface area contributed by atoms with Crippen LogP contribution in [-0.2, 0) is 0 Å². The third-order valence-corrected chi connectivity index (χ3v) is 4.72. The van der Waals surface area contributed by atoms with Crippen LogP contribution in [0.4, 0.5) is 0 Å². The molecule has 1 N–H and O–H groups in total. The zero-order chi connectivity index (χ0) is 13.2. The highest BCUT2D eigenvalue weighted by atomic mass is 35.5. The van der Waals surface area contributed by atoms with E-state index in [0.29, 0.717) is 21.5 Å². The molecule has 0 heterocycles. The van der Waals surface area contributed by atoms with Crippen LogP contribution in [0.15, 0.2) is 18.2 Å². The molecule has 98 valence electrons. The second-order valence-corrected chi connectivity index (χ2v) is 5.73. The summed E-state index contributed by atoms with van der Waals surface area (Å²) < 4.78 is 0. The minimum atomic E-state index is -0.287. The number of benzene rings is 1. The molecule has 0 radical (unpaired) electrons. The molecule has 0 atom stereocenters. The molecule has 1 aromatic rings. The fourth-order valence-corrected chi connectivity index (χ4v) is 3.05. The molecule has 1 aliphatic carbocycles. The molecule has 2 nitrogen and oxygen atoms in total. The molecule has 1 amide bonds. The van der Waals surface area contributed by atoms with E-state index in [-0.39, 0.29) is 11.4 Å². The standard InChI is InChI=1S/C13H14Cl3NO/c14-8-13(6-1-2-7-13)17-12(18)9-4-3-5-10(15)11(9)16/h3-5H,1-2,6-8H2,(H,17,18). The molecule has 1 fully saturated rings. The number of hydrogen-bond donors (Lipinski definition) is 1. The second kappa shape index (κ2) is 5.68. The molecule has 0 aromatic heterocycles. The van der Waals surface area contributed by atoms with E-state index in [2.05, 4.69) is 5.32 Å². The summed E-state index contributed by atoms with van der Waals surface area (Å²) in [6.07, 6.45) is 4.02. The summed E-state index contributed by atoms with van der Waals surface area (Å²) in [6, 6.07) is 5.04. The van der Waals surface area contributed by atoms with Crippen LogP contribution >= 0.6 is 34.8 Å².